The van der Waals surface area contributed by atoms with Crippen molar-refractivity contribution in [3.05, 3.63) is 128 Å². The molecule has 2 N–H and O–H groups in total. The Hall–Kier alpha value is -3.99. The van der Waals surface area contributed by atoms with Gasteiger partial charge in [0.15, 0.2) is 0 Å². The Morgan fingerprint density at radius 1 is 0.930 bits per heavy atom. The maximum atomic E-state index is 12.6. The molecule has 0 bridgehead atoms. The summed E-state index contributed by atoms with van der Waals surface area (Å²) >= 11 is 0. The molecule has 0 amide bonds. The van der Waals surface area contributed by atoms with Crippen molar-refractivity contribution in [1.82, 2.24) is 9.55 Å². The number of nitrogens with zero attached hydrogens (tertiary/aromatic N) is 1. The number of hydrogen-bond donors (Lipinski definition) is 2. The first-order chi connectivity index (χ1) is 20.7. The molecule has 1 aromatic heterocycles. The van der Waals surface area contributed by atoms with Crippen LogP contribution in [0.2, 0.25) is 0 Å². The van der Waals surface area contributed by atoms with E-state index in [1.165, 1.54) is 10.8 Å². The fourth-order valence-electron chi connectivity index (χ4n) is 5.36. The van der Waals surface area contributed by atoms with Crippen LogP contribution >= 0.6 is 8.25 Å². The minimum Gasteiger partial charge on any atom is -0.497 e. The van der Waals surface area contributed by atoms with Gasteiger partial charge in [-0.05, 0) is 47.9 Å². The first-order valence-electron chi connectivity index (χ1n) is 13.6. The lowest BCUT2D eigenvalue weighted by Crippen LogP contribution is -2.38. The Morgan fingerprint density at radius 2 is 1.49 bits per heavy atom. The number of rotatable bonds is 11. The van der Waals surface area contributed by atoms with E-state index in [4.69, 9.17) is 23.5 Å². The lowest BCUT2D eigenvalue weighted by atomic mass is 9.80. The van der Waals surface area contributed by atoms with Crippen molar-refractivity contribution < 1.29 is 32.9 Å². The average molecular weight is 609 g/mol. The van der Waals surface area contributed by atoms with Gasteiger partial charge >= 0.3 is 13.9 Å². The van der Waals surface area contributed by atoms with Crippen LogP contribution in [0.15, 0.2) is 94.6 Å². The molecule has 3 aromatic carbocycles. The van der Waals surface area contributed by atoms with Gasteiger partial charge < -0.3 is 28.4 Å². The summed E-state index contributed by atoms with van der Waals surface area (Å²) in [5.41, 5.74) is 0.395. The van der Waals surface area contributed by atoms with E-state index < -0.39 is 43.5 Å². The lowest BCUT2D eigenvalue weighted by molar-refractivity contribution is -0.0917. The Bertz CT molecular complexity index is 1620. The minimum absolute atomic E-state index is 0.0830. The van der Waals surface area contributed by atoms with Gasteiger partial charge in [-0.3, -0.25) is 18.9 Å². The molecule has 43 heavy (non-hydrogen) atoms. The molecule has 4 aromatic rings. The van der Waals surface area contributed by atoms with Crippen molar-refractivity contribution in [2.45, 2.75) is 37.4 Å². The summed E-state index contributed by atoms with van der Waals surface area (Å²) < 4.78 is 42.4. The zero-order valence-corrected chi connectivity index (χ0v) is 24.9. The number of hydrogen-bond acceptors (Lipinski definition) is 8. The van der Waals surface area contributed by atoms with E-state index in [0.717, 1.165) is 16.7 Å². The minimum atomic E-state index is -3.36. The van der Waals surface area contributed by atoms with E-state index in [9.17, 15) is 19.0 Å². The van der Waals surface area contributed by atoms with Gasteiger partial charge in [-0.1, -0.05) is 54.6 Å². The molecular weight excluding hydrogens is 575 g/mol. The van der Waals surface area contributed by atoms with Crippen LogP contribution in [-0.4, -0.2) is 47.5 Å². The predicted molar refractivity (Wildman–Crippen MR) is 159 cm³/mol. The largest absolute Gasteiger partial charge is 0.497 e. The van der Waals surface area contributed by atoms with E-state index in [-0.39, 0.29) is 13.0 Å². The van der Waals surface area contributed by atoms with Gasteiger partial charge in [0.05, 0.1) is 26.9 Å². The highest BCUT2D eigenvalue weighted by molar-refractivity contribution is 7.32. The first-order valence-corrected chi connectivity index (χ1v) is 14.9. The highest BCUT2D eigenvalue weighted by Crippen LogP contribution is 2.43. The van der Waals surface area contributed by atoms with Crippen molar-refractivity contribution in [3.63, 3.8) is 0 Å². The number of benzene rings is 3. The summed E-state index contributed by atoms with van der Waals surface area (Å²) in [6, 6.07) is 24.7. The van der Waals surface area contributed by atoms with E-state index in [2.05, 4.69) is 4.98 Å². The van der Waals surface area contributed by atoms with Gasteiger partial charge in [0.2, 0.25) is 0 Å². The molecule has 0 saturated carbocycles. The van der Waals surface area contributed by atoms with E-state index in [1.54, 1.807) is 21.1 Å². The first kappa shape index (κ1) is 30.5. The normalized spacial score (nSPS) is 19.2. The fourth-order valence-corrected chi connectivity index (χ4v) is 5.86. The van der Waals surface area contributed by atoms with Crippen LogP contribution in [0, 0.1) is 6.92 Å². The molecule has 1 aliphatic heterocycles. The second kappa shape index (κ2) is 13.1. The third-order valence-corrected chi connectivity index (χ3v) is 8.03. The van der Waals surface area contributed by atoms with Crippen molar-refractivity contribution in [1.29, 1.82) is 0 Å². The molecule has 0 aliphatic carbocycles. The number of H-pyrrole nitrogens is 1. The highest BCUT2D eigenvalue weighted by atomic mass is 31.1. The molecule has 2 heterocycles. The SMILES string of the molecule is COc1ccc(C(OC[C@H]2O[C@@H](n3cc(C)c(=O)[nH]c3=O)C[C@H]2O[PH](=O)O)(c2ccccc2)c2ccc(OC)cc2)cc1. The molecule has 1 fully saturated rings. The van der Waals surface area contributed by atoms with Crippen molar-refractivity contribution in [2.24, 2.45) is 0 Å². The van der Waals surface area contributed by atoms with Crippen LogP contribution < -0.4 is 20.7 Å². The van der Waals surface area contributed by atoms with Gasteiger partial charge in [0, 0.05) is 18.2 Å². The van der Waals surface area contributed by atoms with E-state index >= 15 is 0 Å². The van der Waals surface area contributed by atoms with Gasteiger partial charge in [-0.2, -0.15) is 0 Å². The molecule has 0 spiro atoms. The lowest BCUT2D eigenvalue weighted by Gasteiger charge is -2.37. The molecular formula is C31H33N2O9P. The third-order valence-electron chi connectivity index (χ3n) is 7.53. The summed E-state index contributed by atoms with van der Waals surface area (Å²) in [7, 11) is -0.176. The molecule has 0 radical (unpaired) electrons. The molecule has 1 aliphatic rings. The van der Waals surface area contributed by atoms with Crippen molar-refractivity contribution in [2.75, 3.05) is 20.8 Å². The summed E-state index contributed by atoms with van der Waals surface area (Å²) in [6.07, 6.45) is -1.10. The maximum absolute atomic E-state index is 12.6. The Balaban J connectivity index is 1.58. The average Bonchev–Trinajstić information content (AvgIpc) is 3.41. The van der Waals surface area contributed by atoms with Crippen LogP contribution in [0.3, 0.4) is 0 Å². The van der Waals surface area contributed by atoms with Crippen LogP contribution in [0.25, 0.3) is 0 Å². The Labute approximate surface area is 248 Å². The summed E-state index contributed by atoms with van der Waals surface area (Å²) in [6.45, 7) is 1.49. The zero-order valence-electron chi connectivity index (χ0n) is 23.9. The van der Waals surface area contributed by atoms with E-state index in [1.807, 2.05) is 78.9 Å². The van der Waals surface area contributed by atoms with Crippen LogP contribution in [0.4, 0.5) is 0 Å². The summed E-state index contributed by atoms with van der Waals surface area (Å²) in [5.74, 6) is 1.34. The molecule has 11 nitrogen and oxygen atoms in total. The summed E-state index contributed by atoms with van der Waals surface area (Å²) in [4.78, 5) is 36.5. The van der Waals surface area contributed by atoms with Crippen LogP contribution in [-0.2, 0) is 24.2 Å². The monoisotopic (exact) mass is 608 g/mol. The Kier molecular flexibility index (Phi) is 9.29. The number of aryl methyl sites for hydroxylation is 1. The third kappa shape index (κ3) is 6.36. The molecule has 1 saturated heterocycles. The summed E-state index contributed by atoms with van der Waals surface area (Å²) in [5, 5.41) is 0. The van der Waals surface area contributed by atoms with Gasteiger partial charge in [-0.25, -0.2) is 4.79 Å². The highest BCUT2D eigenvalue weighted by Gasteiger charge is 2.43. The molecule has 226 valence electrons. The number of aromatic amines is 1. The van der Waals surface area contributed by atoms with Gasteiger partial charge in [0.25, 0.3) is 5.56 Å². The predicted octanol–water partition coefficient (Wildman–Crippen LogP) is 3.93. The topological polar surface area (TPSA) is 138 Å². The smallest absolute Gasteiger partial charge is 0.330 e. The van der Waals surface area contributed by atoms with Crippen LogP contribution in [0.5, 0.6) is 11.5 Å². The quantitative estimate of drug-likeness (QED) is 0.192. The Morgan fingerprint density at radius 3 is 2.02 bits per heavy atom. The zero-order chi connectivity index (χ0) is 30.6. The fraction of sp³-hybridized carbons (Fsp3) is 0.290. The molecule has 4 atom stereocenters. The number of ether oxygens (including phenoxy) is 4. The van der Waals surface area contributed by atoms with Crippen molar-refractivity contribution in [3.8, 4) is 11.5 Å². The molecule has 1 unspecified atom stereocenters. The number of nitrogens with one attached hydrogen (secondary N) is 1. The number of aromatic nitrogens is 2. The van der Waals surface area contributed by atoms with Crippen LogP contribution in [0.1, 0.15) is 34.9 Å². The van der Waals surface area contributed by atoms with Crippen molar-refractivity contribution >= 4 is 8.25 Å². The van der Waals surface area contributed by atoms with Gasteiger partial charge in [0.1, 0.15) is 29.4 Å². The maximum Gasteiger partial charge on any atom is 0.330 e. The number of methoxy groups -OCH3 is 2. The standard InChI is InChI=1S/C31H33N2O9P/c1-20-18-33(30(35)32-29(20)34)28-17-26(42-43(36)37)27(41-28)19-40-31(21-7-5-4-6-8-21,22-9-13-24(38-2)14-10-22)23-11-15-25(39-3)16-12-23/h4-16,18,26-28,43H,17,19H2,1-3H3,(H,36,37)(H,32,34,35)/t26-,27-,28-/m1/s1. The molecule has 12 heteroatoms. The van der Waals surface area contributed by atoms with Gasteiger partial charge in [-0.15, -0.1) is 0 Å². The molecule has 5 rings (SSSR count). The second-order valence-corrected chi connectivity index (χ2v) is 10.8. The van der Waals surface area contributed by atoms with E-state index in [0.29, 0.717) is 17.1 Å². The second-order valence-electron chi connectivity index (χ2n) is 10.1.